The monoisotopic (exact) mass is 447 g/mol. The van der Waals surface area contributed by atoms with Gasteiger partial charge >= 0.3 is 6.80 Å². The lowest BCUT2D eigenvalue weighted by Gasteiger charge is -2.22. The summed E-state index contributed by atoms with van der Waals surface area (Å²) in [4.78, 5) is 35.0. The number of anilines is 1. The van der Waals surface area contributed by atoms with Crippen molar-refractivity contribution in [1.29, 1.82) is 0 Å². The third-order valence-electron chi connectivity index (χ3n) is 4.32. The summed E-state index contributed by atoms with van der Waals surface area (Å²) in [7, 11) is 1.19. The maximum absolute atomic E-state index is 12.3. The quantitative estimate of drug-likeness (QED) is 0.360. The molecule has 1 aliphatic rings. The van der Waals surface area contributed by atoms with E-state index in [1.54, 1.807) is 13.8 Å². The summed E-state index contributed by atoms with van der Waals surface area (Å²) in [5.74, 6) is -0.692. The van der Waals surface area contributed by atoms with Gasteiger partial charge in [-0.05, 0) is 0 Å². The lowest BCUT2D eigenvalue weighted by molar-refractivity contribution is -0.118. The molecule has 1 saturated heterocycles. The van der Waals surface area contributed by atoms with Gasteiger partial charge < -0.3 is 14.4 Å². The fraction of sp³-hybridized carbons (Fsp3) is 0.600. The van der Waals surface area contributed by atoms with E-state index >= 15 is 0 Å². The number of carbonyl (C=O) groups excluding carboxylic acids is 1. The smallest absolute Gasteiger partial charge is 0.386 e. The first-order chi connectivity index (χ1) is 13.6. The Kier molecular flexibility index (Phi) is 6.46. The molecule has 1 amide bonds. The van der Waals surface area contributed by atoms with Gasteiger partial charge in [0.05, 0.1) is 19.0 Å². The molecule has 0 radical (unpaired) electrons. The van der Waals surface area contributed by atoms with Gasteiger partial charge in [0.1, 0.15) is 6.10 Å². The molecule has 0 saturated carbocycles. The SMILES string of the molecule is COP(=O)(S)O[C@@H]1C[C@@H](CO)O[C@H]1n1cnc2c(=O)[nH]c(NC(=O)C(C)C)nc21. The first-order valence-corrected chi connectivity index (χ1v) is 11.5. The van der Waals surface area contributed by atoms with Gasteiger partial charge in [-0.1, -0.05) is 26.1 Å². The van der Waals surface area contributed by atoms with E-state index in [2.05, 4.69) is 32.5 Å². The van der Waals surface area contributed by atoms with Crippen LogP contribution in [0.3, 0.4) is 0 Å². The van der Waals surface area contributed by atoms with Crippen LogP contribution in [0.5, 0.6) is 0 Å². The van der Waals surface area contributed by atoms with E-state index in [-0.39, 0.29) is 42.0 Å². The highest BCUT2D eigenvalue weighted by atomic mass is 32.7. The lowest BCUT2D eigenvalue weighted by atomic mass is 10.2. The fourth-order valence-electron chi connectivity index (χ4n) is 2.82. The number of rotatable bonds is 7. The number of hydrogen-bond acceptors (Lipinski definition) is 9. The minimum absolute atomic E-state index is 0.0168. The minimum atomic E-state index is -3.65. The van der Waals surface area contributed by atoms with Crippen LogP contribution in [-0.2, 0) is 23.1 Å². The van der Waals surface area contributed by atoms with Crippen LogP contribution in [0.4, 0.5) is 5.95 Å². The summed E-state index contributed by atoms with van der Waals surface area (Å²) in [5, 5.41) is 12.0. The summed E-state index contributed by atoms with van der Waals surface area (Å²) in [6.07, 6.45) is -0.805. The number of carbonyl (C=O) groups is 1. The van der Waals surface area contributed by atoms with Crippen molar-refractivity contribution >= 4 is 42.1 Å². The average molecular weight is 447 g/mol. The summed E-state index contributed by atoms with van der Waals surface area (Å²) >= 11 is 3.87. The fourth-order valence-corrected chi connectivity index (χ4v) is 3.80. The van der Waals surface area contributed by atoms with Crippen LogP contribution < -0.4 is 10.9 Å². The third kappa shape index (κ3) is 4.71. The predicted molar refractivity (Wildman–Crippen MR) is 106 cm³/mol. The Bertz CT molecular complexity index is 1010. The number of aromatic amines is 1. The number of nitrogens with one attached hydrogen (secondary N) is 2. The van der Waals surface area contributed by atoms with Gasteiger partial charge in [0, 0.05) is 19.4 Å². The second-order valence-corrected chi connectivity index (χ2v) is 9.73. The Morgan fingerprint density at radius 2 is 2.31 bits per heavy atom. The van der Waals surface area contributed by atoms with Crippen LogP contribution in [0.2, 0.25) is 0 Å². The molecule has 14 heteroatoms. The Labute approximate surface area is 170 Å². The number of thiol groups is 1. The zero-order valence-electron chi connectivity index (χ0n) is 15.9. The molecule has 3 rings (SSSR count). The molecule has 12 nitrogen and oxygen atoms in total. The molecule has 0 aliphatic carbocycles. The van der Waals surface area contributed by atoms with Gasteiger partial charge in [-0.3, -0.25) is 29.0 Å². The number of aromatic nitrogens is 4. The number of fused-ring (bicyclic) bond motifs is 1. The zero-order chi connectivity index (χ0) is 21.3. The van der Waals surface area contributed by atoms with Crippen molar-refractivity contribution in [2.24, 2.45) is 5.92 Å². The Morgan fingerprint density at radius 1 is 1.59 bits per heavy atom. The second-order valence-electron chi connectivity index (χ2n) is 6.74. The van der Waals surface area contributed by atoms with E-state index in [9.17, 15) is 19.3 Å². The molecule has 4 atom stereocenters. The molecule has 3 heterocycles. The largest absolute Gasteiger partial charge is 0.394 e. The van der Waals surface area contributed by atoms with E-state index in [0.717, 1.165) is 0 Å². The molecule has 1 aliphatic heterocycles. The predicted octanol–water partition coefficient (Wildman–Crippen LogP) is 1.06. The molecule has 0 spiro atoms. The normalized spacial score (nSPS) is 24.1. The molecular formula is C15H22N5O7PS. The molecule has 1 fully saturated rings. The standard InChI is InChI=1S/C15H22N5O7PS/c1-7(2)12(22)18-15-17-11-10(13(23)19-15)16-6-20(11)14-9(4-8(5-21)26-14)27-28(24,29)25-3/h6-9,14,21H,4-5H2,1-3H3,(H,24,29)(H2,17,18,19,22,23)/t8-,9+,14+,28?/m0/s1. The summed E-state index contributed by atoms with van der Waals surface area (Å²) in [5.41, 5.74) is -0.418. The van der Waals surface area contributed by atoms with Crippen molar-refractivity contribution < 1.29 is 28.3 Å². The van der Waals surface area contributed by atoms with Crippen molar-refractivity contribution in [1.82, 2.24) is 19.5 Å². The topological polar surface area (TPSA) is 158 Å². The number of hydrogen-bond donors (Lipinski definition) is 4. The average Bonchev–Trinajstić information content (AvgIpc) is 3.25. The molecule has 0 aromatic carbocycles. The van der Waals surface area contributed by atoms with Crippen LogP contribution in [0.15, 0.2) is 11.1 Å². The van der Waals surface area contributed by atoms with Crippen molar-refractivity contribution in [3.63, 3.8) is 0 Å². The molecule has 160 valence electrons. The van der Waals surface area contributed by atoms with Crippen LogP contribution in [0.1, 0.15) is 26.5 Å². The minimum Gasteiger partial charge on any atom is -0.394 e. The number of aliphatic hydroxyl groups is 1. The number of H-pyrrole nitrogens is 1. The van der Waals surface area contributed by atoms with Crippen molar-refractivity contribution in [2.45, 2.75) is 38.7 Å². The molecule has 3 N–H and O–H groups in total. The first-order valence-electron chi connectivity index (χ1n) is 8.76. The molecule has 2 aromatic rings. The zero-order valence-corrected chi connectivity index (χ0v) is 17.7. The van der Waals surface area contributed by atoms with Gasteiger partial charge in [0.15, 0.2) is 17.4 Å². The van der Waals surface area contributed by atoms with E-state index in [1.165, 1.54) is 18.0 Å². The number of nitrogens with zero attached hydrogens (tertiary/aromatic N) is 3. The Morgan fingerprint density at radius 3 is 2.93 bits per heavy atom. The molecule has 2 aromatic heterocycles. The van der Waals surface area contributed by atoms with Crippen molar-refractivity contribution in [3.8, 4) is 0 Å². The number of ether oxygens (including phenoxy) is 1. The van der Waals surface area contributed by atoms with E-state index < -0.39 is 30.8 Å². The van der Waals surface area contributed by atoms with E-state index in [0.29, 0.717) is 0 Å². The van der Waals surface area contributed by atoms with Crippen LogP contribution in [-0.4, -0.2) is 56.5 Å². The van der Waals surface area contributed by atoms with Gasteiger partial charge in [0.2, 0.25) is 11.9 Å². The highest BCUT2D eigenvalue weighted by molar-refractivity contribution is 8.44. The Hall–Kier alpha value is -1.76. The number of amides is 1. The second kappa shape index (κ2) is 8.54. The molecular weight excluding hydrogens is 425 g/mol. The maximum Gasteiger partial charge on any atom is 0.386 e. The van der Waals surface area contributed by atoms with Crippen molar-refractivity contribution in [3.05, 3.63) is 16.7 Å². The van der Waals surface area contributed by atoms with Gasteiger partial charge in [-0.15, -0.1) is 0 Å². The molecule has 1 unspecified atom stereocenters. The van der Waals surface area contributed by atoms with E-state index in [1.807, 2.05) is 0 Å². The number of imidazole rings is 1. The molecule has 29 heavy (non-hydrogen) atoms. The van der Waals surface area contributed by atoms with Crippen molar-refractivity contribution in [2.75, 3.05) is 19.0 Å². The van der Waals surface area contributed by atoms with E-state index in [4.69, 9.17) is 13.8 Å². The molecule has 0 bridgehead atoms. The highest BCUT2D eigenvalue weighted by Crippen LogP contribution is 2.55. The number of aliphatic hydroxyl groups excluding tert-OH is 1. The summed E-state index contributed by atoms with van der Waals surface area (Å²) in [6, 6.07) is 0. The first kappa shape index (κ1) is 21.9. The van der Waals surface area contributed by atoms with Gasteiger partial charge in [-0.25, -0.2) is 9.55 Å². The van der Waals surface area contributed by atoms with Gasteiger partial charge in [-0.2, -0.15) is 4.98 Å². The summed E-state index contributed by atoms with van der Waals surface area (Å²) in [6.45, 7) is -0.550. The van der Waals surface area contributed by atoms with Crippen LogP contribution in [0, 0.1) is 5.92 Å². The highest BCUT2D eigenvalue weighted by Gasteiger charge is 2.41. The third-order valence-corrected chi connectivity index (χ3v) is 6.09. The van der Waals surface area contributed by atoms with Crippen LogP contribution in [0.25, 0.3) is 11.2 Å². The Balaban J connectivity index is 2.00. The van der Waals surface area contributed by atoms with Crippen LogP contribution >= 0.6 is 19.0 Å². The summed E-state index contributed by atoms with van der Waals surface area (Å²) < 4.78 is 29.6. The lowest BCUT2D eigenvalue weighted by Crippen LogP contribution is -2.24. The van der Waals surface area contributed by atoms with Gasteiger partial charge in [0.25, 0.3) is 5.56 Å². The maximum atomic E-state index is 12.3.